The van der Waals surface area contributed by atoms with Gasteiger partial charge in [-0.15, -0.1) is 0 Å². The van der Waals surface area contributed by atoms with Crippen LogP contribution in [0, 0.1) is 0 Å². The van der Waals surface area contributed by atoms with E-state index in [1.165, 1.54) is 21.3 Å². The van der Waals surface area contributed by atoms with Gasteiger partial charge in [-0.1, -0.05) is 0 Å². The van der Waals surface area contributed by atoms with Gasteiger partial charge in [-0.25, -0.2) is 4.98 Å². The van der Waals surface area contributed by atoms with Gasteiger partial charge in [0.05, 0.1) is 39.1 Å². The second-order valence-corrected chi connectivity index (χ2v) is 6.33. The largest absolute Gasteiger partial charge is 0.493 e. The molecule has 26 heavy (non-hydrogen) atoms. The fourth-order valence-electron chi connectivity index (χ4n) is 2.65. The predicted molar refractivity (Wildman–Crippen MR) is 100 cm³/mol. The number of fused-ring (bicyclic) bond motifs is 1. The van der Waals surface area contributed by atoms with Crippen molar-refractivity contribution in [2.45, 2.75) is 6.54 Å². The average molecular weight is 420 g/mol. The van der Waals surface area contributed by atoms with E-state index >= 15 is 0 Å². The predicted octanol–water partition coefficient (Wildman–Crippen LogP) is 3.05. The van der Waals surface area contributed by atoms with Crippen molar-refractivity contribution in [3.63, 3.8) is 0 Å². The highest BCUT2D eigenvalue weighted by molar-refractivity contribution is 9.10. The molecule has 136 valence electrons. The summed E-state index contributed by atoms with van der Waals surface area (Å²) in [5, 5.41) is 2.85. The topological polar surface area (TPSA) is 74.1 Å². The number of amides is 1. The van der Waals surface area contributed by atoms with Crippen molar-refractivity contribution in [3.8, 4) is 17.2 Å². The number of hydrogen-bond acceptors (Lipinski definition) is 5. The summed E-state index contributed by atoms with van der Waals surface area (Å²) in [6.45, 7) is 0.287. The minimum atomic E-state index is -0.291. The lowest BCUT2D eigenvalue weighted by Crippen LogP contribution is -2.23. The minimum Gasteiger partial charge on any atom is -0.493 e. The van der Waals surface area contributed by atoms with Crippen LogP contribution in [-0.4, -0.2) is 36.6 Å². The Morgan fingerprint density at radius 2 is 1.85 bits per heavy atom. The molecule has 3 rings (SSSR count). The molecule has 0 spiro atoms. The van der Waals surface area contributed by atoms with Gasteiger partial charge >= 0.3 is 0 Å². The fourth-order valence-corrected chi connectivity index (χ4v) is 3.00. The van der Waals surface area contributed by atoms with E-state index < -0.39 is 0 Å². The SMILES string of the molecule is COc1ccc(C(=O)NCc2cn3cc(Br)ccc3n2)c(OC)c1OC. The molecule has 2 heterocycles. The molecular weight excluding hydrogens is 402 g/mol. The molecule has 0 radical (unpaired) electrons. The van der Waals surface area contributed by atoms with Crippen molar-refractivity contribution in [3.05, 3.63) is 52.4 Å². The molecule has 1 amide bonds. The first-order chi connectivity index (χ1) is 12.6. The summed E-state index contributed by atoms with van der Waals surface area (Å²) in [7, 11) is 4.50. The number of pyridine rings is 1. The number of carbonyl (C=O) groups excluding carboxylic acids is 1. The Balaban J connectivity index is 1.81. The molecule has 0 atom stereocenters. The van der Waals surface area contributed by atoms with Crippen molar-refractivity contribution in [2.75, 3.05) is 21.3 Å². The Hall–Kier alpha value is -2.74. The second kappa shape index (κ2) is 7.65. The molecule has 0 unspecified atom stereocenters. The third kappa shape index (κ3) is 3.45. The molecule has 0 fully saturated rings. The van der Waals surface area contributed by atoms with Crippen LogP contribution in [0.15, 0.2) is 41.1 Å². The quantitative estimate of drug-likeness (QED) is 0.664. The lowest BCUT2D eigenvalue weighted by Gasteiger charge is -2.15. The van der Waals surface area contributed by atoms with Crippen molar-refractivity contribution in [2.24, 2.45) is 0 Å². The zero-order valence-corrected chi connectivity index (χ0v) is 16.2. The number of halogens is 1. The van der Waals surface area contributed by atoms with Gasteiger partial charge in [0, 0.05) is 16.9 Å². The van der Waals surface area contributed by atoms with Crippen molar-refractivity contribution >= 4 is 27.5 Å². The minimum absolute atomic E-state index is 0.287. The van der Waals surface area contributed by atoms with Crippen LogP contribution in [0.1, 0.15) is 16.1 Å². The molecule has 0 saturated heterocycles. The molecule has 8 heteroatoms. The highest BCUT2D eigenvalue weighted by atomic mass is 79.9. The molecule has 2 aromatic heterocycles. The van der Waals surface area contributed by atoms with Crippen LogP contribution in [0.2, 0.25) is 0 Å². The average Bonchev–Trinajstić information content (AvgIpc) is 3.06. The van der Waals surface area contributed by atoms with Gasteiger partial charge in [0.2, 0.25) is 5.75 Å². The molecule has 0 bridgehead atoms. The van der Waals surface area contributed by atoms with Gasteiger partial charge in [0.25, 0.3) is 5.91 Å². The summed E-state index contributed by atoms with van der Waals surface area (Å²) in [5.74, 6) is 0.899. The first-order valence-corrected chi connectivity index (χ1v) is 8.57. The van der Waals surface area contributed by atoms with E-state index in [-0.39, 0.29) is 12.5 Å². The van der Waals surface area contributed by atoms with Crippen LogP contribution in [-0.2, 0) is 6.54 Å². The van der Waals surface area contributed by atoms with E-state index in [4.69, 9.17) is 14.2 Å². The van der Waals surface area contributed by atoms with E-state index in [0.717, 1.165) is 15.8 Å². The van der Waals surface area contributed by atoms with E-state index in [9.17, 15) is 4.79 Å². The molecule has 0 aliphatic rings. The summed E-state index contributed by atoms with van der Waals surface area (Å²) in [6.07, 6.45) is 3.78. The molecule has 1 aromatic carbocycles. The first-order valence-electron chi connectivity index (χ1n) is 7.77. The van der Waals surface area contributed by atoms with Crippen molar-refractivity contribution in [1.82, 2.24) is 14.7 Å². The fraction of sp³-hybridized carbons (Fsp3) is 0.222. The number of carbonyl (C=O) groups is 1. The Kier molecular flexibility index (Phi) is 5.32. The third-order valence-electron chi connectivity index (χ3n) is 3.84. The summed E-state index contributed by atoms with van der Waals surface area (Å²) in [5.41, 5.74) is 1.91. The molecule has 0 aliphatic heterocycles. The van der Waals surface area contributed by atoms with Crippen LogP contribution >= 0.6 is 15.9 Å². The number of aromatic nitrogens is 2. The summed E-state index contributed by atoms with van der Waals surface area (Å²) < 4.78 is 18.7. The van der Waals surface area contributed by atoms with Gasteiger partial charge in [-0.2, -0.15) is 0 Å². The molecular formula is C18H18BrN3O4. The number of methoxy groups -OCH3 is 3. The number of imidazole rings is 1. The maximum absolute atomic E-state index is 12.6. The summed E-state index contributed by atoms with van der Waals surface area (Å²) in [4.78, 5) is 17.1. The number of nitrogens with one attached hydrogen (secondary N) is 1. The van der Waals surface area contributed by atoms with Crippen molar-refractivity contribution < 1.29 is 19.0 Å². The molecule has 0 aliphatic carbocycles. The number of benzene rings is 1. The summed E-state index contributed by atoms with van der Waals surface area (Å²) in [6, 6.07) is 7.11. The lowest BCUT2D eigenvalue weighted by atomic mass is 10.1. The molecule has 3 aromatic rings. The monoisotopic (exact) mass is 419 g/mol. The van der Waals surface area contributed by atoms with Crippen LogP contribution in [0.25, 0.3) is 5.65 Å². The molecule has 7 nitrogen and oxygen atoms in total. The molecule has 1 N–H and O–H groups in total. The van der Waals surface area contributed by atoms with Crippen LogP contribution in [0.3, 0.4) is 0 Å². The second-order valence-electron chi connectivity index (χ2n) is 5.41. The first kappa shape index (κ1) is 18.1. The maximum Gasteiger partial charge on any atom is 0.255 e. The zero-order valence-electron chi connectivity index (χ0n) is 14.6. The Morgan fingerprint density at radius 3 is 2.54 bits per heavy atom. The number of rotatable bonds is 6. The maximum atomic E-state index is 12.6. The Morgan fingerprint density at radius 1 is 1.08 bits per heavy atom. The Bertz CT molecular complexity index is 955. The lowest BCUT2D eigenvalue weighted by molar-refractivity contribution is 0.0946. The van der Waals surface area contributed by atoms with E-state index in [1.807, 2.05) is 28.9 Å². The van der Waals surface area contributed by atoms with Crippen LogP contribution in [0.5, 0.6) is 17.2 Å². The highest BCUT2D eigenvalue weighted by Crippen LogP contribution is 2.39. The number of hydrogen-bond donors (Lipinski definition) is 1. The zero-order chi connectivity index (χ0) is 18.7. The molecule has 0 saturated carbocycles. The van der Waals surface area contributed by atoms with E-state index in [2.05, 4.69) is 26.2 Å². The van der Waals surface area contributed by atoms with Gasteiger partial charge in [-0.3, -0.25) is 4.79 Å². The van der Waals surface area contributed by atoms with E-state index in [1.54, 1.807) is 12.1 Å². The number of nitrogens with zero attached hydrogens (tertiary/aromatic N) is 2. The van der Waals surface area contributed by atoms with Gasteiger partial charge < -0.3 is 23.9 Å². The van der Waals surface area contributed by atoms with Crippen LogP contribution in [0.4, 0.5) is 0 Å². The van der Waals surface area contributed by atoms with Crippen LogP contribution < -0.4 is 19.5 Å². The Labute approximate surface area is 159 Å². The highest BCUT2D eigenvalue weighted by Gasteiger charge is 2.20. The van der Waals surface area contributed by atoms with Gasteiger partial charge in [0.1, 0.15) is 5.65 Å². The van der Waals surface area contributed by atoms with Crippen molar-refractivity contribution in [1.29, 1.82) is 0 Å². The normalized spacial score (nSPS) is 10.6. The van der Waals surface area contributed by atoms with Gasteiger partial charge in [0.15, 0.2) is 11.5 Å². The van der Waals surface area contributed by atoms with E-state index in [0.29, 0.717) is 22.8 Å². The summed E-state index contributed by atoms with van der Waals surface area (Å²) >= 11 is 3.42. The smallest absolute Gasteiger partial charge is 0.255 e. The number of ether oxygens (including phenoxy) is 3. The van der Waals surface area contributed by atoms with Gasteiger partial charge in [-0.05, 0) is 40.2 Å². The standard InChI is InChI=1S/C18H18BrN3O4/c1-24-14-6-5-13(16(25-2)17(14)26-3)18(23)20-8-12-10-22-9-11(19)4-7-15(22)21-12/h4-7,9-10H,8H2,1-3H3,(H,20,23). The third-order valence-corrected chi connectivity index (χ3v) is 4.31.